The lowest BCUT2D eigenvalue weighted by atomic mass is 10.1. The molecule has 0 unspecified atom stereocenters. The minimum Gasteiger partial charge on any atom is -0.479 e. The Labute approximate surface area is 179 Å². The van der Waals surface area contributed by atoms with E-state index in [0.29, 0.717) is 34.1 Å². The molecule has 0 bridgehead atoms. The molecule has 0 aliphatic heterocycles. The van der Waals surface area contributed by atoms with Gasteiger partial charge < -0.3 is 18.6 Å². The van der Waals surface area contributed by atoms with Crippen LogP contribution in [0.3, 0.4) is 0 Å². The molecule has 0 amide bonds. The van der Waals surface area contributed by atoms with Crippen LogP contribution < -0.4 is 14.9 Å². The number of carbonyl (C=O) groups excluding carboxylic acids is 1. The average Bonchev–Trinajstić information content (AvgIpc) is 2.72. The molecule has 6 nitrogen and oxygen atoms in total. The highest BCUT2D eigenvalue weighted by molar-refractivity contribution is 6.32. The molecular weight excluding hydrogens is 408 g/mol. The van der Waals surface area contributed by atoms with Crippen molar-refractivity contribution in [1.82, 2.24) is 0 Å². The fourth-order valence-electron chi connectivity index (χ4n) is 2.90. The standard InChI is InChI=1S/C23H23ClO6/c1-5-8-27-23(26)15(4)29-16-6-7-18-19(11-16)28-12-20(22(18)25)30-17-9-13(2)21(24)14(3)10-17/h6-7,9-12,15H,5,8H2,1-4H3/t15-/m1/s1. The van der Waals surface area contributed by atoms with Crippen molar-refractivity contribution < 1.29 is 23.4 Å². The maximum Gasteiger partial charge on any atom is 0.347 e. The third kappa shape index (κ3) is 4.76. The number of hydrogen-bond acceptors (Lipinski definition) is 6. The molecule has 0 N–H and O–H groups in total. The van der Waals surface area contributed by atoms with Crippen molar-refractivity contribution in [2.75, 3.05) is 6.61 Å². The number of benzene rings is 2. The molecule has 0 saturated heterocycles. The quantitative estimate of drug-likeness (QED) is 0.456. The Hall–Kier alpha value is -2.99. The Balaban J connectivity index is 1.83. The van der Waals surface area contributed by atoms with Crippen LogP contribution in [0.5, 0.6) is 17.2 Å². The smallest absolute Gasteiger partial charge is 0.347 e. The van der Waals surface area contributed by atoms with Crippen LogP contribution >= 0.6 is 11.6 Å². The van der Waals surface area contributed by atoms with Gasteiger partial charge in [0.05, 0.1) is 12.0 Å². The van der Waals surface area contributed by atoms with E-state index in [0.717, 1.165) is 17.5 Å². The van der Waals surface area contributed by atoms with Gasteiger partial charge in [0.25, 0.3) is 0 Å². The predicted octanol–water partition coefficient (Wildman–Crippen LogP) is 5.58. The van der Waals surface area contributed by atoms with Gasteiger partial charge in [-0.1, -0.05) is 18.5 Å². The molecule has 0 spiro atoms. The molecule has 2 aromatic carbocycles. The first-order valence-corrected chi connectivity index (χ1v) is 10.0. The lowest BCUT2D eigenvalue weighted by molar-refractivity contribution is -0.151. The van der Waals surface area contributed by atoms with Gasteiger partial charge in [-0.15, -0.1) is 0 Å². The molecule has 158 valence electrons. The van der Waals surface area contributed by atoms with E-state index in [-0.39, 0.29) is 11.2 Å². The summed E-state index contributed by atoms with van der Waals surface area (Å²) in [5.41, 5.74) is 1.71. The van der Waals surface area contributed by atoms with E-state index >= 15 is 0 Å². The zero-order valence-electron chi connectivity index (χ0n) is 17.3. The van der Waals surface area contributed by atoms with Crippen molar-refractivity contribution in [1.29, 1.82) is 0 Å². The van der Waals surface area contributed by atoms with Gasteiger partial charge in [-0.25, -0.2) is 4.79 Å². The first-order chi connectivity index (χ1) is 14.3. The van der Waals surface area contributed by atoms with Crippen molar-refractivity contribution in [3.63, 3.8) is 0 Å². The molecular formula is C23H23ClO6. The predicted molar refractivity (Wildman–Crippen MR) is 115 cm³/mol. The van der Waals surface area contributed by atoms with E-state index in [2.05, 4.69) is 0 Å². The van der Waals surface area contributed by atoms with Crippen molar-refractivity contribution in [2.45, 2.75) is 40.2 Å². The number of halogens is 1. The molecule has 1 aromatic heterocycles. The molecule has 0 radical (unpaired) electrons. The van der Waals surface area contributed by atoms with Crippen LogP contribution in [0.2, 0.25) is 5.02 Å². The van der Waals surface area contributed by atoms with Crippen LogP contribution in [0.4, 0.5) is 0 Å². The Morgan fingerprint density at radius 2 is 1.83 bits per heavy atom. The van der Waals surface area contributed by atoms with Crippen LogP contribution in [0.1, 0.15) is 31.4 Å². The van der Waals surface area contributed by atoms with Crippen LogP contribution in [-0.4, -0.2) is 18.7 Å². The minimum atomic E-state index is -0.778. The van der Waals surface area contributed by atoms with Crippen molar-refractivity contribution >= 4 is 28.5 Å². The van der Waals surface area contributed by atoms with Crippen molar-refractivity contribution in [3.05, 3.63) is 63.0 Å². The van der Waals surface area contributed by atoms with Gasteiger partial charge in [-0.2, -0.15) is 0 Å². The van der Waals surface area contributed by atoms with Gasteiger partial charge in [0.15, 0.2) is 6.10 Å². The fourth-order valence-corrected chi connectivity index (χ4v) is 3.01. The third-order valence-electron chi connectivity index (χ3n) is 4.45. The summed E-state index contributed by atoms with van der Waals surface area (Å²) in [6.45, 7) is 7.59. The van der Waals surface area contributed by atoms with Gasteiger partial charge in [-0.3, -0.25) is 4.79 Å². The van der Waals surface area contributed by atoms with Crippen molar-refractivity contribution in [2.24, 2.45) is 0 Å². The highest BCUT2D eigenvalue weighted by Gasteiger charge is 2.17. The Bertz CT molecular complexity index is 1110. The largest absolute Gasteiger partial charge is 0.479 e. The summed E-state index contributed by atoms with van der Waals surface area (Å²) in [5.74, 6) is 0.508. The number of esters is 1. The number of fused-ring (bicyclic) bond motifs is 1. The van der Waals surface area contributed by atoms with Crippen molar-refractivity contribution in [3.8, 4) is 17.2 Å². The number of carbonyl (C=O) groups is 1. The molecule has 1 heterocycles. The molecule has 3 rings (SSSR count). The van der Waals surface area contributed by atoms with Gasteiger partial charge in [0, 0.05) is 11.1 Å². The van der Waals surface area contributed by atoms with Crippen LogP contribution in [0.15, 0.2) is 45.8 Å². The summed E-state index contributed by atoms with van der Waals surface area (Å²) >= 11 is 6.18. The topological polar surface area (TPSA) is 75.0 Å². The van der Waals surface area contributed by atoms with E-state index in [1.165, 1.54) is 6.26 Å². The number of rotatable bonds is 7. The van der Waals surface area contributed by atoms with E-state index < -0.39 is 12.1 Å². The summed E-state index contributed by atoms with van der Waals surface area (Å²) in [6, 6.07) is 8.25. The molecule has 0 fully saturated rings. The monoisotopic (exact) mass is 430 g/mol. The first kappa shape index (κ1) is 21.7. The molecule has 0 aliphatic rings. The van der Waals surface area contributed by atoms with E-state index in [1.807, 2.05) is 20.8 Å². The minimum absolute atomic E-state index is 0.0637. The molecule has 30 heavy (non-hydrogen) atoms. The second-order valence-electron chi connectivity index (χ2n) is 6.99. The Morgan fingerprint density at radius 3 is 2.50 bits per heavy atom. The maximum absolute atomic E-state index is 12.8. The van der Waals surface area contributed by atoms with Crippen LogP contribution in [-0.2, 0) is 9.53 Å². The summed E-state index contributed by atoms with van der Waals surface area (Å²) in [6.07, 6.45) is 1.21. The number of ether oxygens (including phenoxy) is 3. The van der Waals surface area contributed by atoms with E-state index in [1.54, 1.807) is 37.3 Å². The lowest BCUT2D eigenvalue weighted by Gasteiger charge is -2.14. The van der Waals surface area contributed by atoms with Gasteiger partial charge in [0.1, 0.15) is 23.3 Å². The Kier molecular flexibility index (Phi) is 6.67. The summed E-state index contributed by atoms with van der Waals surface area (Å²) in [4.78, 5) is 24.7. The molecule has 0 saturated carbocycles. The van der Waals surface area contributed by atoms with Gasteiger partial charge >= 0.3 is 5.97 Å². The third-order valence-corrected chi connectivity index (χ3v) is 5.04. The summed E-state index contributed by atoms with van der Waals surface area (Å²) in [5, 5.41) is 0.997. The highest BCUT2D eigenvalue weighted by Crippen LogP contribution is 2.29. The second kappa shape index (κ2) is 9.22. The molecule has 1 atom stereocenters. The first-order valence-electron chi connectivity index (χ1n) is 9.63. The number of aryl methyl sites for hydroxylation is 2. The van der Waals surface area contributed by atoms with Crippen LogP contribution in [0.25, 0.3) is 11.0 Å². The molecule has 0 aliphatic carbocycles. The van der Waals surface area contributed by atoms with E-state index in [9.17, 15) is 9.59 Å². The maximum atomic E-state index is 12.8. The zero-order valence-corrected chi connectivity index (χ0v) is 18.0. The van der Waals surface area contributed by atoms with Gasteiger partial charge in [0.2, 0.25) is 11.2 Å². The zero-order chi connectivity index (χ0) is 21.8. The SMILES string of the molecule is CCCOC(=O)[C@@H](C)Oc1ccc2c(=O)c(Oc3cc(C)c(Cl)c(C)c3)coc2c1. The second-order valence-corrected chi connectivity index (χ2v) is 7.37. The van der Waals surface area contributed by atoms with E-state index in [4.69, 9.17) is 30.2 Å². The molecule has 3 aromatic rings. The highest BCUT2D eigenvalue weighted by atomic mass is 35.5. The average molecular weight is 431 g/mol. The van der Waals surface area contributed by atoms with Crippen LogP contribution in [0, 0.1) is 13.8 Å². The normalized spacial score (nSPS) is 11.9. The Morgan fingerprint density at radius 1 is 1.13 bits per heavy atom. The number of hydrogen-bond donors (Lipinski definition) is 0. The summed E-state index contributed by atoms with van der Waals surface area (Å²) in [7, 11) is 0. The summed E-state index contributed by atoms with van der Waals surface area (Å²) < 4.78 is 22.0. The molecule has 7 heteroatoms. The fraction of sp³-hybridized carbons (Fsp3) is 0.304. The van der Waals surface area contributed by atoms with Gasteiger partial charge in [-0.05, 0) is 62.6 Å². The lowest BCUT2D eigenvalue weighted by Crippen LogP contribution is -2.26.